The molecule has 2 unspecified atom stereocenters. The number of halogens is 1. The summed E-state index contributed by atoms with van der Waals surface area (Å²) >= 11 is 7.33. The lowest BCUT2D eigenvalue weighted by molar-refractivity contribution is -0.122. The van der Waals surface area contributed by atoms with Crippen molar-refractivity contribution in [2.24, 2.45) is 10.1 Å². The zero-order chi connectivity index (χ0) is 21.4. The zero-order valence-electron chi connectivity index (χ0n) is 16.5. The number of thioether (sulfide) groups is 1. The highest BCUT2D eigenvalue weighted by Gasteiger charge is 2.60. The standard InChI is InChI=1S/C25H19ClN2O2S/c26-18-11-13-19(14-12-18)27-24-25(20-9-5-4-6-16(20)10-15-21(25)29)22(23(28-30)31-24)17-7-2-1-3-8-17/h1-9,11-14,22,30H,10,15H2/b27-24?,28-23+. The molecule has 0 saturated carbocycles. The van der Waals surface area contributed by atoms with E-state index in [4.69, 9.17) is 16.6 Å². The van der Waals surface area contributed by atoms with Crippen molar-refractivity contribution in [2.75, 3.05) is 0 Å². The van der Waals surface area contributed by atoms with Gasteiger partial charge in [-0.15, -0.1) is 0 Å². The van der Waals surface area contributed by atoms with Crippen LogP contribution < -0.4 is 0 Å². The first-order valence-corrected chi connectivity index (χ1v) is 11.2. The fourth-order valence-electron chi connectivity index (χ4n) is 4.68. The predicted octanol–water partition coefficient (Wildman–Crippen LogP) is 6.14. The van der Waals surface area contributed by atoms with Gasteiger partial charge in [-0.1, -0.05) is 83.1 Å². The fraction of sp³-hybridized carbons (Fsp3) is 0.160. The number of nitrogens with zero attached hydrogens (tertiary/aromatic N) is 2. The molecule has 1 aliphatic carbocycles. The summed E-state index contributed by atoms with van der Waals surface area (Å²) in [6, 6.07) is 25.0. The molecule has 3 aromatic rings. The molecule has 1 heterocycles. The van der Waals surface area contributed by atoms with Gasteiger partial charge < -0.3 is 5.21 Å². The van der Waals surface area contributed by atoms with Crippen LogP contribution in [0.1, 0.15) is 29.0 Å². The van der Waals surface area contributed by atoms with E-state index >= 15 is 0 Å². The van der Waals surface area contributed by atoms with E-state index in [1.165, 1.54) is 11.8 Å². The molecule has 31 heavy (non-hydrogen) atoms. The van der Waals surface area contributed by atoms with Gasteiger partial charge in [-0.3, -0.25) is 4.79 Å². The summed E-state index contributed by atoms with van der Waals surface area (Å²) in [5.74, 6) is -0.345. The molecular weight excluding hydrogens is 428 g/mol. The number of carbonyl (C=O) groups is 1. The molecule has 6 heteroatoms. The Hall–Kier alpha value is -2.89. The fourth-order valence-corrected chi connectivity index (χ4v) is 6.13. The number of Topliss-reactive ketones (excluding diaryl/α,β-unsaturated/α-hetero) is 1. The summed E-state index contributed by atoms with van der Waals surface area (Å²) in [7, 11) is 0. The number of benzene rings is 3. The van der Waals surface area contributed by atoms with Gasteiger partial charge in [-0.25, -0.2) is 4.99 Å². The normalized spacial score (nSPS) is 25.3. The van der Waals surface area contributed by atoms with Gasteiger partial charge in [0.15, 0.2) is 5.78 Å². The second-order valence-corrected chi connectivity index (χ2v) is 9.11. The predicted molar refractivity (Wildman–Crippen MR) is 126 cm³/mol. The first kappa shape index (κ1) is 20.0. The molecule has 5 rings (SSSR count). The molecule has 4 nitrogen and oxygen atoms in total. The first-order valence-electron chi connectivity index (χ1n) is 10.1. The third kappa shape index (κ3) is 3.20. The third-order valence-corrected chi connectivity index (χ3v) is 7.40. The highest BCUT2D eigenvalue weighted by molar-refractivity contribution is 8.27. The number of oxime groups is 1. The molecule has 1 spiro atoms. The van der Waals surface area contributed by atoms with Crippen molar-refractivity contribution in [3.05, 3.63) is 101 Å². The Kier molecular flexibility index (Phi) is 5.16. The lowest BCUT2D eigenvalue weighted by Gasteiger charge is -2.38. The largest absolute Gasteiger partial charge is 0.410 e. The molecular formula is C25H19ClN2O2S. The van der Waals surface area contributed by atoms with Gasteiger partial charge in [0.05, 0.1) is 16.6 Å². The number of hydrogen-bond acceptors (Lipinski definition) is 5. The molecule has 3 aromatic carbocycles. The van der Waals surface area contributed by atoms with Gasteiger partial charge in [0.1, 0.15) is 10.5 Å². The van der Waals surface area contributed by atoms with Crippen molar-refractivity contribution in [3.63, 3.8) is 0 Å². The molecule has 0 radical (unpaired) electrons. The summed E-state index contributed by atoms with van der Waals surface area (Å²) in [6.45, 7) is 0. The maximum Gasteiger partial charge on any atom is 0.151 e. The van der Waals surface area contributed by atoms with Crippen molar-refractivity contribution >= 4 is 44.9 Å². The molecule has 2 atom stereocenters. The maximum atomic E-state index is 13.8. The molecule has 1 saturated heterocycles. The smallest absolute Gasteiger partial charge is 0.151 e. The minimum absolute atomic E-state index is 0.0962. The number of rotatable bonds is 2. The lowest BCUT2D eigenvalue weighted by Crippen LogP contribution is -2.48. The topological polar surface area (TPSA) is 62.0 Å². The van der Waals surface area contributed by atoms with Gasteiger partial charge in [-0.2, -0.15) is 0 Å². The molecule has 0 bridgehead atoms. The molecule has 0 amide bonds. The van der Waals surface area contributed by atoms with E-state index < -0.39 is 11.3 Å². The van der Waals surface area contributed by atoms with E-state index in [0.717, 1.165) is 16.7 Å². The molecule has 154 valence electrons. The third-order valence-electron chi connectivity index (χ3n) is 6.01. The lowest BCUT2D eigenvalue weighted by atomic mass is 9.61. The van der Waals surface area contributed by atoms with Gasteiger partial charge in [0.2, 0.25) is 0 Å². The monoisotopic (exact) mass is 446 g/mol. The van der Waals surface area contributed by atoms with Crippen LogP contribution in [-0.2, 0) is 16.6 Å². The first-order chi connectivity index (χ1) is 15.1. The molecule has 1 aliphatic heterocycles. The second kappa shape index (κ2) is 7.98. The van der Waals surface area contributed by atoms with Crippen molar-refractivity contribution in [2.45, 2.75) is 24.2 Å². The Morgan fingerprint density at radius 3 is 2.39 bits per heavy atom. The van der Waals surface area contributed by atoms with E-state index in [1.54, 1.807) is 12.1 Å². The SMILES string of the molecule is O=C1CCc2ccccc2C12C(=Nc1ccc(Cl)cc1)S/C(=N/O)C2c1ccccc1. The number of fused-ring (bicyclic) bond motifs is 2. The quantitative estimate of drug-likeness (QED) is 0.379. The van der Waals surface area contributed by atoms with E-state index in [1.807, 2.05) is 60.7 Å². The van der Waals surface area contributed by atoms with Gasteiger partial charge in [0.25, 0.3) is 0 Å². The number of ketones is 1. The summed E-state index contributed by atoms with van der Waals surface area (Å²) in [4.78, 5) is 18.7. The van der Waals surface area contributed by atoms with Crippen molar-refractivity contribution in [1.82, 2.24) is 0 Å². The summed E-state index contributed by atoms with van der Waals surface area (Å²) in [5.41, 5.74) is 2.68. The van der Waals surface area contributed by atoms with Crippen molar-refractivity contribution < 1.29 is 10.0 Å². The summed E-state index contributed by atoms with van der Waals surface area (Å²) in [6.07, 6.45) is 1.11. The van der Waals surface area contributed by atoms with Crippen molar-refractivity contribution in [1.29, 1.82) is 0 Å². The average molecular weight is 447 g/mol. The highest BCUT2D eigenvalue weighted by Crippen LogP contribution is 2.56. The average Bonchev–Trinajstić information content (AvgIpc) is 3.13. The van der Waals surface area contributed by atoms with Gasteiger partial charge in [-0.05, 0) is 47.4 Å². The maximum absolute atomic E-state index is 13.8. The van der Waals surface area contributed by atoms with Crippen LogP contribution in [0.3, 0.4) is 0 Å². The van der Waals surface area contributed by atoms with Gasteiger partial charge in [0, 0.05) is 11.4 Å². The second-order valence-electron chi connectivity index (χ2n) is 7.67. The number of hydrogen-bond donors (Lipinski definition) is 1. The Labute approximate surface area is 189 Å². The van der Waals surface area contributed by atoms with Crippen LogP contribution in [0.2, 0.25) is 5.02 Å². The summed E-state index contributed by atoms with van der Waals surface area (Å²) in [5, 5.41) is 15.3. The number of carbonyl (C=O) groups excluding carboxylic acids is 1. The van der Waals surface area contributed by atoms with Crippen LogP contribution in [-0.4, -0.2) is 21.1 Å². The summed E-state index contributed by atoms with van der Waals surface area (Å²) < 4.78 is 0. The van der Waals surface area contributed by atoms with Crippen molar-refractivity contribution in [3.8, 4) is 0 Å². The Morgan fingerprint density at radius 1 is 0.935 bits per heavy atom. The molecule has 0 aromatic heterocycles. The minimum Gasteiger partial charge on any atom is -0.410 e. The Balaban J connectivity index is 1.82. The molecule has 2 aliphatic rings. The Morgan fingerprint density at radius 2 is 1.65 bits per heavy atom. The van der Waals surface area contributed by atoms with Crippen LogP contribution in [0.5, 0.6) is 0 Å². The van der Waals surface area contributed by atoms with Crippen LogP contribution in [0.4, 0.5) is 5.69 Å². The Bertz CT molecular complexity index is 1210. The number of aliphatic imine (C=N–C) groups is 1. The van der Waals surface area contributed by atoms with E-state index in [2.05, 4.69) is 11.2 Å². The molecule has 1 fully saturated rings. The molecule has 1 N–H and O–H groups in total. The number of aryl methyl sites for hydroxylation is 1. The zero-order valence-corrected chi connectivity index (χ0v) is 18.1. The van der Waals surface area contributed by atoms with Crippen LogP contribution >= 0.6 is 23.4 Å². The van der Waals surface area contributed by atoms with Crippen LogP contribution in [0.15, 0.2) is 89.0 Å². The van der Waals surface area contributed by atoms with E-state index in [-0.39, 0.29) is 5.78 Å². The highest BCUT2D eigenvalue weighted by atomic mass is 35.5. The minimum atomic E-state index is -1.03. The van der Waals surface area contributed by atoms with E-state index in [0.29, 0.717) is 33.6 Å². The van der Waals surface area contributed by atoms with Gasteiger partial charge >= 0.3 is 0 Å². The van der Waals surface area contributed by atoms with Crippen LogP contribution in [0.25, 0.3) is 0 Å². The van der Waals surface area contributed by atoms with E-state index in [9.17, 15) is 10.0 Å². The van der Waals surface area contributed by atoms with Crippen LogP contribution in [0, 0.1) is 0 Å².